The van der Waals surface area contributed by atoms with Gasteiger partial charge >= 0.3 is 17.7 Å². The number of aliphatic hydroxyl groups is 3. The van der Waals surface area contributed by atoms with Gasteiger partial charge in [0.25, 0.3) is 5.91 Å². The fraction of sp³-hybridized carbons (Fsp3) is 0.464. The van der Waals surface area contributed by atoms with Gasteiger partial charge in [-0.05, 0) is 18.9 Å². The van der Waals surface area contributed by atoms with Crippen LogP contribution in [0.15, 0.2) is 80.9 Å². The number of carbonyl (C=O) groups excluding carboxylic acids is 3. The van der Waals surface area contributed by atoms with Gasteiger partial charge in [-0.15, -0.1) is 0 Å². The molecule has 6 heterocycles. The number of rotatable bonds is 8. The van der Waals surface area contributed by atoms with Crippen molar-refractivity contribution >= 4 is 68.0 Å². The van der Waals surface area contributed by atoms with Crippen LogP contribution in [-0.4, -0.2) is 135 Å². The average Bonchev–Trinajstić information content (AvgIpc) is 3.84. The van der Waals surface area contributed by atoms with E-state index in [1.807, 2.05) is 4.90 Å². The third-order valence-electron chi connectivity index (χ3n) is 14.8. The molecule has 5 N–H and O–H groups in total. The number of phenolic OH excluding ortho intramolecular Hbond substituents is 1. The van der Waals surface area contributed by atoms with Gasteiger partial charge in [0, 0.05) is 119 Å². The fourth-order valence-corrected chi connectivity index (χ4v) is 10.5. The summed E-state index contributed by atoms with van der Waals surface area (Å²) in [5.41, 5.74) is -2.72. The summed E-state index contributed by atoms with van der Waals surface area (Å²) >= 11 is 0. The van der Waals surface area contributed by atoms with Crippen molar-refractivity contribution in [2.45, 2.75) is 92.5 Å². The zero-order valence-electron chi connectivity index (χ0n) is 44.7. The van der Waals surface area contributed by atoms with E-state index < -0.39 is 112 Å². The van der Waals surface area contributed by atoms with Crippen LogP contribution in [0.2, 0.25) is 0 Å². The molecular formula is C56H66N6O15. The van der Waals surface area contributed by atoms with Gasteiger partial charge in [0.1, 0.15) is 35.4 Å². The Morgan fingerprint density at radius 3 is 2.34 bits per heavy atom. The molecule has 9 unspecified atom stereocenters. The summed E-state index contributed by atoms with van der Waals surface area (Å²) in [4.78, 5) is 87.1. The molecule has 21 nitrogen and oxygen atoms in total. The van der Waals surface area contributed by atoms with Crippen LogP contribution >= 0.6 is 0 Å². The Hall–Kier alpha value is -7.46. The number of aliphatic hydroxyl groups excluding tert-OH is 3. The number of fused-ring (bicyclic) bond motifs is 14. The molecule has 3 aromatic carbocycles. The van der Waals surface area contributed by atoms with Crippen molar-refractivity contribution in [3.05, 3.63) is 104 Å². The third kappa shape index (κ3) is 11.1. The van der Waals surface area contributed by atoms with Gasteiger partial charge in [-0.2, -0.15) is 0 Å². The van der Waals surface area contributed by atoms with Crippen LogP contribution in [-0.2, 0) is 28.5 Å². The smallest absolute Gasteiger partial charge is 0.358 e. The molecule has 77 heavy (non-hydrogen) atoms. The van der Waals surface area contributed by atoms with Crippen molar-refractivity contribution in [3.63, 3.8) is 0 Å². The first-order valence-electron chi connectivity index (χ1n) is 25.6. The molecule has 9 rings (SSSR count). The highest BCUT2D eigenvalue weighted by Gasteiger charge is 2.44. The number of nitrogens with one attached hydrogen (secondary N) is 1. The van der Waals surface area contributed by atoms with E-state index in [2.05, 4.69) is 34.0 Å². The molecule has 0 radical (unpaired) electrons. The summed E-state index contributed by atoms with van der Waals surface area (Å²) < 4.78 is 36.2. The average molecular weight is 1060 g/mol. The predicted molar refractivity (Wildman–Crippen MR) is 285 cm³/mol. The Kier molecular flexibility index (Phi) is 16.4. The van der Waals surface area contributed by atoms with E-state index in [1.54, 1.807) is 39.8 Å². The monoisotopic (exact) mass is 1060 g/mol. The number of anilines is 2. The van der Waals surface area contributed by atoms with E-state index >= 15 is 4.79 Å². The number of hydrogen-bond donors (Lipinski definition) is 5. The molecule has 0 aliphatic carbocycles. The number of esters is 2. The normalized spacial score (nSPS) is 25.8. The summed E-state index contributed by atoms with van der Waals surface area (Å²) in [6.07, 6.45) is 6.56. The summed E-state index contributed by atoms with van der Waals surface area (Å²) in [5, 5.41) is 49.7. The van der Waals surface area contributed by atoms with Crippen molar-refractivity contribution in [1.29, 1.82) is 0 Å². The maximum Gasteiger partial charge on any atom is 0.358 e. The van der Waals surface area contributed by atoms with Crippen LogP contribution in [0.3, 0.4) is 0 Å². The maximum absolute atomic E-state index is 15.2. The van der Waals surface area contributed by atoms with Crippen LogP contribution < -0.4 is 31.0 Å². The molecule has 0 saturated carbocycles. The second-order valence-corrected chi connectivity index (χ2v) is 20.7. The summed E-state index contributed by atoms with van der Waals surface area (Å²) in [6, 6.07) is 3.07. The molecule has 410 valence electrons. The number of aromatic hydroxyl groups is 1. The lowest BCUT2D eigenvalue weighted by atomic mass is 9.78. The molecule has 2 aromatic heterocycles. The molecular weight excluding hydrogens is 997 g/mol. The third-order valence-corrected chi connectivity index (χ3v) is 14.8. The molecule has 4 aliphatic rings. The summed E-state index contributed by atoms with van der Waals surface area (Å²) in [5.74, 6) is -8.37. The quantitative estimate of drug-likeness (QED) is 0.0779. The molecule has 5 aromatic rings. The van der Waals surface area contributed by atoms with Crippen LogP contribution in [0.1, 0.15) is 71.4 Å². The largest absolute Gasteiger partial charge is 0.507 e. The Morgan fingerprint density at radius 2 is 1.68 bits per heavy atom. The highest BCUT2D eigenvalue weighted by atomic mass is 16.7. The van der Waals surface area contributed by atoms with Gasteiger partial charge in [-0.25, -0.2) is 14.8 Å². The van der Waals surface area contributed by atoms with E-state index in [9.17, 15) is 39.6 Å². The first-order valence-corrected chi connectivity index (χ1v) is 25.6. The molecule has 1 fully saturated rings. The fourth-order valence-electron chi connectivity index (χ4n) is 10.5. The van der Waals surface area contributed by atoms with Crippen LogP contribution in [0.25, 0.3) is 38.7 Å². The Balaban J connectivity index is 1.36. The van der Waals surface area contributed by atoms with Crippen LogP contribution in [0.5, 0.6) is 11.5 Å². The Morgan fingerprint density at radius 1 is 0.948 bits per heavy atom. The van der Waals surface area contributed by atoms with Crippen molar-refractivity contribution in [3.8, 4) is 11.5 Å². The predicted octanol–water partition coefficient (Wildman–Crippen LogP) is 4.97. The van der Waals surface area contributed by atoms with Crippen molar-refractivity contribution in [1.82, 2.24) is 19.9 Å². The number of phenols is 1. The minimum Gasteiger partial charge on any atom is -0.507 e. The number of carbonyl (C=O) groups is 3. The molecule has 1 amide bonds. The van der Waals surface area contributed by atoms with E-state index in [0.29, 0.717) is 24.7 Å². The van der Waals surface area contributed by atoms with Gasteiger partial charge < -0.3 is 58.7 Å². The maximum atomic E-state index is 15.2. The standard InChI is InChI=1S/C56H66N6O15/c1-27(2)25-61-17-19-62(20-18-61)35-22-37(64)43-39(23-35)76-52-44(59-43)40-41-48(67)32(7)51-42(40)53(69)56(9,77-51)74-21-14-38(72-10)29(4)50(75-33(8)63)31(6)47(66)30(5)46(65)28(3)12-11-13-34(54(70)60-45(52)49(41)68)26-73-55(71)36-24-57-15-16-58-36/h11-16,21-24,27-31,38,46-47,50,65-67,69H,17-20,25-26H2,1-10H3,(H,60,70). The number of piperazine rings is 1. The number of nitrogens with zero attached hydrogens (tertiary/aromatic N) is 5. The summed E-state index contributed by atoms with van der Waals surface area (Å²) in [7, 11) is 1.42. The van der Waals surface area contributed by atoms with Gasteiger partial charge in [-0.3, -0.25) is 29.1 Å². The summed E-state index contributed by atoms with van der Waals surface area (Å²) in [6.45, 7) is 18.0. The Bertz CT molecular complexity index is 3370. The zero-order valence-corrected chi connectivity index (χ0v) is 44.7. The lowest BCUT2D eigenvalue weighted by Crippen LogP contribution is -2.47. The van der Waals surface area contributed by atoms with E-state index in [0.717, 1.165) is 19.6 Å². The molecule has 9 atom stereocenters. The number of ether oxygens (including phenoxy) is 5. The first-order chi connectivity index (χ1) is 36.5. The van der Waals surface area contributed by atoms with Gasteiger partial charge in [-0.1, -0.05) is 59.8 Å². The van der Waals surface area contributed by atoms with Crippen molar-refractivity contribution < 1.29 is 62.9 Å². The van der Waals surface area contributed by atoms with Gasteiger partial charge in [0.2, 0.25) is 10.9 Å². The van der Waals surface area contributed by atoms with E-state index in [-0.39, 0.29) is 55.4 Å². The van der Waals surface area contributed by atoms with Gasteiger partial charge in [0.05, 0.1) is 46.9 Å². The number of aromatic nitrogens is 3. The van der Waals surface area contributed by atoms with E-state index in [4.69, 9.17) is 33.1 Å². The molecule has 1 saturated heterocycles. The Labute approximate surface area is 443 Å². The zero-order chi connectivity index (χ0) is 55.8. The molecule has 4 aliphatic heterocycles. The second-order valence-electron chi connectivity index (χ2n) is 20.7. The SMILES string of the molecule is COC1C=COC2(C)Oc3c(C)c(O)c4c(=O)c(c5oc6cc(N7CCN(CC(C)C)CC7)cc(=O)c6nc5c4c3=C2O)NC(=O)C(COC(=O)c2cnccn2)=CC=CC(C)C(O)C(C)C(O)C(C)C(OC(C)=O)C1C. The topological polar surface area (TPSA) is 283 Å². The molecule has 0 spiro atoms. The number of amides is 1. The first kappa shape index (κ1) is 55.8. The number of benzene rings is 3. The van der Waals surface area contributed by atoms with E-state index in [1.165, 1.54) is 77.0 Å². The number of allylic oxidation sites excluding steroid dienone is 2. The molecule has 21 heteroatoms. The van der Waals surface area contributed by atoms with Crippen molar-refractivity contribution in [2.75, 3.05) is 56.7 Å². The lowest BCUT2D eigenvalue weighted by Gasteiger charge is -2.38. The van der Waals surface area contributed by atoms with Crippen molar-refractivity contribution in [2.24, 2.45) is 29.6 Å². The minimum atomic E-state index is -2.05. The van der Waals surface area contributed by atoms with Crippen LogP contribution in [0, 0.1) is 36.5 Å². The molecule has 5 bridgehead atoms. The van der Waals surface area contributed by atoms with Gasteiger partial charge in [0.15, 0.2) is 28.1 Å². The second kappa shape index (κ2) is 22.6. The van der Waals surface area contributed by atoms with Crippen LogP contribution in [0.4, 0.5) is 11.4 Å². The highest BCUT2D eigenvalue weighted by Crippen LogP contribution is 2.42. The highest BCUT2D eigenvalue weighted by molar-refractivity contribution is 6.17. The number of hydrogen-bond acceptors (Lipinski definition) is 20. The number of methoxy groups -OCH3 is 1. The minimum absolute atomic E-state index is 0.0117. The lowest BCUT2D eigenvalue weighted by molar-refractivity contribution is -0.160.